The number of hydrogen-bond donors (Lipinski definition) is 3. The zero-order valence-corrected chi connectivity index (χ0v) is 16.0. The number of sulfonamides is 1. The van der Waals surface area contributed by atoms with Crippen LogP contribution in [0.3, 0.4) is 0 Å². The Labute approximate surface area is 155 Å². The third-order valence-corrected chi connectivity index (χ3v) is 5.33. The van der Waals surface area contributed by atoms with Crippen LogP contribution in [0.4, 0.5) is 10.5 Å². The number of aryl methyl sites for hydroxylation is 1. The predicted octanol–water partition coefficient (Wildman–Crippen LogP) is 2.70. The van der Waals surface area contributed by atoms with E-state index in [9.17, 15) is 13.2 Å². The number of urea groups is 1. The zero-order chi connectivity index (χ0) is 17.6. The highest BCUT2D eigenvalue weighted by Gasteiger charge is 2.12. The van der Waals surface area contributed by atoms with Crippen LogP contribution in [0.2, 0.25) is 0 Å². The standard InChI is InChI=1S/C16H18IN3O3S/c1-12-2-8-15(9-3-12)24(22,23)19-11-10-18-16(21)20-14-6-4-13(17)5-7-14/h2-9,19H,10-11H2,1H3,(H2,18,20,21). The van der Waals surface area contributed by atoms with E-state index in [1.165, 1.54) is 0 Å². The molecule has 2 aromatic carbocycles. The van der Waals surface area contributed by atoms with Crippen molar-refractivity contribution in [1.82, 2.24) is 10.0 Å². The van der Waals surface area contributed by atoms with E-state index in [0.29, 0.717) is 5.69 Å². The minimum Gasteiger partial charge on any atom is -0.337 e. The summed E-state index contributed by atoms with van der Waals surface area (Å²) < 4.78 is 27.7. The van der Waals surface area contributed by atoms with E-state index in [0.717, 1.165) is 9.13 Å². The molecule has 0 radical (unpaired) electrons. The molecule has 0 spiro atoms. The molecule has 0 unspecified atom stereocenters. The summed E-state index contributed by atoms with van der Waals surface area (Å²) in [5.74, 6) is 0. The molecule has 8 heteroatoms. The monoisotopic (exact) mass is 459 g/mol. The average molecular weight is 459 g/mol. The molecular weight excluding hydrogens is 441 g/mol. The predicted molar refractivity (Wildman–Crippen MR) is 103 cm³/mol. The lowest BCUT2D eigenvalue weighted by Crippen LogP contribution is -2.36. The molecule has 0 saturated heterocycles. The maximum absolute atomic E-state index is 12.1. The van der Waals surface area contributed by atoms with Gasteiger partial charge in [-0.15, -0.1) is 0 Å². The van der Waals surface area contributed by atoms with Crippen LogP contribution in [-0.4, -0.2) is 27.5 Å². The van der Waals surface area contributed by atoms with Crippen LogP contribution < -0.4 is 15.4 Å². The van der Waals surface area contributed by atoms with Crippen molar-refractivity contribution < 1.29 is 13.2 Å². The first kappa shape index (κ1) is 18.7. The maximum atomic E-state index is 12.1. The molecule has 2 rings (SSSR count). The molecule has 0 aliphatic heterocycles. The number of rotatable bonds is 6. The fourth-order valence-corrected chi connectivity index (χ4v) is 3.26. The summed E-state index contributed by atoms with van der Waals surface area (Å²) in [5, 5.41) is 5.27. The molecule has 2 aromatic rings. The average Bonchev–Trinajstić information content (AvgIpc) is 2.54. The lowest BCUT2D eigenvalue weighted by molar-refractivity contribution is 0.252. The topological polar surface area (TPSA) is 87.3 Å². The second-order valence-electron chi connectivity index (χ2n) is 5.10. The van der Waals surface area contributed by atoms with Crippen LogP contribution in [0.15, 0.2) is 53.4 Å². The summed E-state index contributed by atoms with van der Waals surface area (Å²) in [4.78, 5) is 11.9. The van der Waals surface area contributed by atoms with E-state index in [4.69, 9.17) is 0 Å². The van der Waals surface area contributed by atoms with Crippen LogP contribution >= 0.6 is 22.6 Å². The van der Waals surface area contributed by atoms with Gasteiger partial charge in [0.15, 0.2) is 0 Å². The summed E-state index contributed by atoms with van der Waals surface area (Å²) in [7, 11) is -3.56. The maximum Gasteiger partial charge on any atom is 0.319 e. The summed E-state index contributed by atoms with van der Waals surface area (Å²) in [6.07, 6.45) is 0. The van der Waals surface area contributed by atoms with Crippen molar-refractivity contribution in [2.75, 3.05) is 18.4 Å². The fraction of sp³-hybridized carbons (Fsp3) is 0.188. The van der Waals surface area contributed by atoms with Gasteiger partial charge in [0.1, 0.15) is 0 Å². The van der Waals surface area contributed by atoms with Crippen molar-refractivity contribution in [1.29, 1.82) is 0 Å². The minimum absolute atomic E-state index is 0.107. The molecule has 0 bridgehead atoms. The fourth-order valence-electron chi connectivity index (χ4n) is 1.87. The van der Waals surface area contributed by atoms with Crippen LogP contribution in [0, 0.1) is 10.5 Å². The molecule has 0 atom stereocenters. The van der Waals surface area contributed by atoms with Gasteiger partial charge in [-0.05, 0) is 65.9 Å². The second-order valence-corrected chi connectivity index (χ2v) is 8.11. The van der Waals surface area contributed by atoms with Gasteiger partial charge in [0.05, 0.1) is 4.90 Å². The molecule has 128 valence electrons. The Kier molecular flexibility index (Phi) is 6.58. The highest BCUT2D eigenvalue weighted by atomic mass is 127. The number of nitrogens with one attached hydrogen (secondary N) is 3. The SMILES string of the molecule is Cc1ccc(S(=O)(=O)NCCNC(=O)Nc2ccc(I)cc2)cc1. The molecule has 0 aliphatic rings. The Hall–Kier alpha value is -1.65. The molecule has 0 aliphatic carbocycles. The Bertz CT molecular complexity index is 790. The highest BCUT2D eigenvalue weighted by molar-refractivity contribution is 14.1. The van der Waals surface area contributed by atoms with Gasteiger partial charge >= 0.3 is 6.03 Å². The number of hydrogen-bond acceptors (Lipinski definition) is 3. The van der Waals surface area contributed by atoms with Crippen molar-refractivity contribution in [3.63, 3.8) is 0 Å². The lowest BCUT2D eigenvalue weighted by atomic mass is 10.2. The van der Waals surface area contributed by atoms with E-state index in [2.05, 4.69) is 37.9 Å². The largest absolute Gasteiger partial charge is 0.337 e. The third kappa shape index (κ3) is 5.77. The summed E-state index contributed by atoms with van der Waals surface area (Å²) in [5.41, 5.74) is 1.66. The van der Waals surface area contributed by atoms with Crippen LogP contribution in [0.1, 0.15) is 5.56 Å². The van der Waals surface area contributed by atoms with E-state index in [1.54, 1.807) is 36.4 Å². The summed E-state index contributed by atoms with van der Waals surface area (Å²) >= 11 is 2.18. The van der Waals surface area contributed by atoms with Gasteiger partial charge in [-0.1, -0.05) is 17.7 Å². The molecule has 0 fully saturated rings. The number of carbonyl (C=O) groups excluding carboxylic acids is 1. The Balaban J connectivity index is 1.76. The van der Waals surface area contributed by atoms with Crippen molar-refractivity contribution in [3.8, 4) is 0 Å². The minimum atomic E-state index is -3.56. The molecule has 6 nitrogen and oxygen atoms in total. The van der Waals surface area contributed by atoms with Crippen molar-refractivity contribution in [3.05, 3.63) is 57.7 Å². The van der Waals surface area contributed by atoms with Gasteiger partial charge in [0, 0.05) is 22.3 Å². The molecule has 3 N–H and O–H groups in total. The van der Waals surface area contributed by atoms with Crippen LogP contribution in [0.5, 0.6) is 0 Å². The molecular formula is C16H18IN3O3S. The summed E-state index contributed by atoms with van der Waals surface area (Å²) in [6.45, 7) is 2.18. The van der Waals surface area contributed by atoms with Crippen LogP contribution in [-0.2, 0) is 10.0 Å². The van der Waals surface area contributed by atoms with Gasteiger partial charge in [-0.2, -0.15) is 0 Å². The van der Waals surface area contributed by atoms with E-state index < -0.39 is 10.0 Å². The van der Waals surface area contributed by atoms with E-state index >= 15 is 0 Å². The molecule has 0 aromatic heterocycles. The smallest absolute Gasteiger partial charge is 0.319 e. The van der Waals surface area contributed by atoms with Crippen molar-refractivity contribution in [2.24, 2.45) is 0 Å². The van der Waals surface area contributed by atoms with Crippen LogP contribution in [0.25, 0.3) is 0 Å². The van der Waals surface area contributed by atoms with Gasteiger partial charge < -0.3 is 10.6 Å². The first-order chi connectivity index (χ1) is 11.4. The third-order valence-electron chi connectivity index (χ3n) is 3.14. The first-order valence-electron chi connectivity index (χ1n) is 7.23. The highest BCUT2D eigenvalue weighted by Crippen LogP contribution is 2.11. The normalized spacial score (nSPS) is 11.1. The number of anilines is 1. The van der Waals surface area contributed by atoms with E-state index in [-0.39, 0.29) is 24.0 Å². The number of amides is 2. The quantitative estimate of drug-likeness (QED) is 0.459. The molecule has 24 heavy (non-hydrogen) atoms. The zero-order valence-electron chi connectivity index (χ0n) is 13.0. The Morgan fingerprint density at radius 2 is 1.62 bits per heavy atom. The Morgan fingerprint density at radius 1 is 1.00 bits per heavy atom. The van der Waals surface area contributed by atoms with Crippen molar-refractivity contribution in [2.45, 2.75) is 11.8 Å². The molecule has 2 amide bonds. The van der Waals surface area contributed by atoms with Gasteiger partial charge in [-0.3, -0.25) is 0 Å². The number of carbonyl (C=O) groups is 1. The lowest BCUT2D eigenvalue weighted by Gasteiger charge is -2.09. The second kappa shape index (κ2) is 8.45. The van der Waals surface area contributed by atoms with Crippen molar-refractivity contribution >= 4 is 44.3 Å². The van der Waals surface area contributed by atoms with Gasteiger partial charge in [-0.25, -0.2) is 17.9 Å². The number of halogens is 1. The van der Waals surface area contributed by atoms with E-state index in [1.807, 2.05) is 19.1 Å². The van der Waals surface area contributed by atoms with Gasteiger partial charge in [0.2, 0.25) is 10.0 Å². The van der Waals surface area contributed by atoms with Gasteiger partial charge in [0.25, 0.3) is 0 Å². The molecule has 0 saturated carbocycles. The Morgan fingerprint density at radius 3 is 2.25 bits per heavy atom. The molecule has 0 heterocycles. The first-order valence-corrected chi connectivity index (χ1v) is 9.80. The summed E-state index contributed by atoms with van der Waals surface area (Å²) in [6, 6.07) is 13.5. The number of benzene rings is 2.